The number of hydrogen-bond acceptors (Lipinski definition) is 4. The first-order valence-electron chi connectivity index (χ1n) is 7.52. The van der Waals surface area contributed by atoms with Crippen molar-refractivity contribution in [1.82, 2.24) is 10.2 Å². The lowest BCUT2D eigenvalue weighted by atomic mass is 9.88. The van der Waals surface area contributed by atoms with Crippen LogP contribution in [0, 0.1) is 5.92 Å². The van der Waals surface area contributed by atoms with E-state index in [4.69, 9.17) is 0 Å². The SMILES string of the molecule is CNC1CCN(C2CCCC(S(C)(=O)=O)C2)CC1C. The Morgan fingerprint density at radius 2 is 1.95 bits per heavy atom. The lowest BCUT2D eigenvalue weighted by Crippen LogP contribution is -2.52. The van der Waals surface area contributed by atoms with Crippen LogP contribution < -0.4 is 5.32 Å². The Hall–Kier alpha value is -0.130. The van der Waals surface area contributed by atoms with Gasteiger partial charge < -0.3 is 5.32 Å². The Balaban J connectivity index is 1.95. The van der Waals surface area contributed by atoms with E-state index < -0.39 is 9.84 Å². The van der Waals surface area contributed by atoms with Crippen LogP contribution in [0.15, 0.2) is 0 Å². The van der Waals surface area contributed by atoms with Crippen LogP contribution in [0.1, 0.15) is 39.0 Å². The van der Waals surface area contributed by atoms with E-state index in [-0.39, 0.29) is 5.25 Å². The van der Waals surface area contributed by atoms with E-state index in [1.165, 1.54) is 19.1 Å². The zero-order valence-corrected chi connectivity index (χ0v) is 13.2. The highest BCUT2D eigenvalue weighted by molar-refractivity contribution is 7.91. The molecular weight excluding hydrogens is 260 g/mol. The van der Waals surface area contributed by atoms with Crippen LogP contribution in [0.2, 0.25) is 0 Å². The lowest BCUT2D eigenvalue weighted by Gasteiger charge is -2.43. The Bertz CT molecular complexity index is 396. The van der Waals surface area contributed by atoms with Crippen molar-refractivity contribution in [1.29, 1.82) is 0 Å². The Labute approximate surface area is 117 Å². The van der Waals surface area contributed by atoms with Gasteiger partial charge >= 0.3 is 0 Å². The smallest absolute Gasteiger partial charge is 0.150 e. The molecule has 112 valence electrons. The average molecular weight is 288 g/mol. The number of hydrogen-bond donors (Lipinski definition) is 1. The van der Waals surface area contributed by atoms with Crippen LogP contribution in [0.25, 0.3) is 0 Å². The number of sulfone groups is 1. The molecule has 1 aliphatic carbocycles. The maximum Gasteiger partial charge on any atom is 0.150 e. The van der Waals surface area contributed by atoms with Gasteiger partial charge in [0.05, 0.1) is 5.25 Å². The van der Waals surface area contributed by atoms with E-state index in [0.717, 1.165) is 32.4 Å². The van der Waals surface area contributed by atoms with Gasteiger partial charge in [0.25, 0.3) is 0 Å². The molecule has 0 radical (unpaired) electrons. The first-order valence-corrected chi connectivity index (χ1v) is 9.47. The van der Waals surface area contributed by atoms with Crippen LogP contribution in [-0.4, -0.2) is 57.0 Å². The molecule has 4 unspecified atom stereocenters. The summed E-state index contributed by atoms with van der Waals surface area (Å²) in [4.78, 5) is 2.54. The third kappa shape index (κ3) is 3.70. The van der Waals surface area contributed by atoms with Crippen molar-refractivity contribution in [2.75, 3.05) is 26.4 Å². The fourth-order valence-electron chi connectivity index (χ4n) is 3.78. The molecule has 0 bridgehead atoms. The van der Waals surface area contributed by atoms with Gasteiger partial charge in [-0.3, -0.25) is 4.90 Å². The first-order chi connectivity index (χ1) is 8.91. The van der Waals surface area contributed by atoms with Gasteiger partial charge in [-0.1, -0.05) is 13.3 Å². The van der Waals surface area contributed by atoms with Crippen LogP contribution in [0.5, 0.6) is 0 Å². The van der Waals surface area contributed by atoms with Gasteiger partial charge in [-0.2, -0.15) is 0 Å². The molecule has 0 aromatic rings. The first kappa shape index (κ1) is 15.3. The summed E-state index contributed by atoms with van der Waals surface area (Å²) in [5, 5.41) is 3.28. The molecule has 1 heterocycles. The van der Waals surface area contributed by atoms with Gasteiger partial charge in [0.15, 0.2) is 0 Å². The molecule has 1 saturated carbocycles. The topological polar surface area (TPSA) is 49.4 Å². The normalized spacial score (nSPS) is 38.3. The standard InChI is InChI=1S/C14H28N2O2S/c1-11-10-16(8-7-14(11)15-2)12-5-4-6-13(9-12)19(3,17)18/h11-15H,4-10H2,1-3H3. The molecule has 2 aliphatic rings. The van der Waals surface area contributed by atoms with Gasteiger partial charge in [0, 0.05) is 24.9 Å². The predicted octanol–water partition coefficient (Wildman–Crippen LogP) is 1.27. The largest absolute Gasteiger partial charge is 0.317 e. The second-order valence-electron chi connectivity index (χ2n) is 6.43. The zero-order chi connectivity index (χ0) is 14.0. The van der Waals surface area contributed by atoms with E-state index in [9.17, 15) is 8.42 Å². The fraction of sp³-hybridized carbons (Fsp3) is 1.00. The van der Waals surface area contributed by atoms with E-state index >= 15 is 0 Å². The Morgan fingerprint density at radius 1 is 1.21 bits per heavy atom. The van der Waals surface area contributed by atoms with Gasteiger partial charge in [-0.25, -0.2) is 8.42 Å². The molecule has 4 nitrogen and oxygen atoms in total. The van der Waals surface area contributed by atoms with Crippen molar-refractivity contribution < 1.29 is 8.42 Å². The third-order valence-electron chi connectivity index (χ3n) is 5.03. The van der Waals surface area contributed by atoms with Gasteiger partial charge in [0.2, 0.25) is 0 Å². The molecule has 2 rings (SSSR count). The minimum Gasteiger partial charge on any atom is -0.317 e. The monoisotopic (exact) mass is 288 g/mol. The zero-order valence-electron chi connectivity index (χ0n) is 12.4. The quantitative estimate of drug-likeness (QED) is 0.850. The maximum absolute atomic E-state index is 11.7. The molecular formula is C14H28N2O2S. The van der Waals surface area contributed by atoms with Crippen LogP contribution in [0.3, 0.4) is 0 Å². The van der Waals surface area contributed by atoms with E-state index in [0.29, 0.717) is 18.0 Å². The number of piperidine rings is 1. The summed E-state index contributed by atoms with van der Waals surface area (Å²) >= 11 is 0. The molecule has 1 aliphatic heterocycles. The molecule has 19 heavy (non-hydrogen) atoms. The molecule has 0 aromatic heterocycles. The number of nitrogens with one attached hydrogen (secondary N) is 1. The van der Waals surface area contributed by atoms with Gasteiger partial charge in [0.1, 0.15) is 9.84 Å². The van der Waals surface area contributed by atoms with Crippen molar-refractivity contribution in [3.05, 3.63) is 0 Å². The summed E-state index contributed by atoms with van der Waals surface area (Å²) in [7, 11) is -0.827. The molecule has 0 aromatic carbocycles. The lowest BCUT2D eigenvalue weighted by molar-refractivity contribution is 0.0865. The summed E-state index contributed by atoms with van der Waals surface area (Å²) in [5.41, 5.74) is 0. The van der Waals surface area contributed by atoms with Crippen LogP contribution in [0.4, 0.5) is 0 Å². The van der Waals surface area contributed by atoms with Crippen molar-refractivity contribution >= 4 is 9.84 Å². The highest BCUT2D eigenvalue weighted by Crippen LogP contribution is 2.30. The van der Waals surface area contributed by atoms with E-state index in [2.05, 4.69) is 17.1 Å². The van der Waals surface area contributed by atoms with Gasteiger partial charge in [-0.15, -0.1) is 0 Å². The van der Waals surface area contributed by atoms with Crippen molar-refractivity contribution in [2.24, 2.45) is 5.92 Å². The molecule has 0 spiro atoms. The Kier molecular flexibility index (Phi) is 4.90. The fourth-order valence-corrected chi connectivity index (χ4v) is 4.95. The van der Waals surface area contributed by atoms with Crippen molar-refractivity contribution in [2.45, 2.75) is 56.4 Å². The molecule has 5 heteroatoms. The summed E-state index contributed by atoms with van der Waals surface area (Å²) in [6.45, 7) is 4.51. The minimum absolute atomic E-state index is 0.108. The summed E-state index contributed by atoms with van der Waals surface area (Å²) in [5.74, 6) is 0.650. The Morgan fingerprint density at radius 3 is 2.53 bits per heavy atom. The highest BCUT2D eigenvalue weighted by Gasteiger charge is 2.35. The predicted molar refractivity (Wildman–Crippen MR) is 79.1 cm³/mol. The number of nitrogens with zero attached hydrogens (tertiary/aromatic N) is 1. The summed E-state index contributed by atoms with van der Waals surface area (Å²) in [6.07, 6.45) is 6.51. The van der Waals surface area contributed by atoms with Crippen LogP contribution >= 0.6 is 0 Å². The van der Waals surface area contributed by atoms with Crippen molar-refractivity contribution in [3.8, 4) is 0 Å². The second-order valence-corrected chi connectivity index (χ2v) is 8.75. The average Bonchev–Trinajstić information content (AvgIpc) is 2.38. The molecule has 1 N–H and O–H groups in total. The highest BCUT2D eigenvalue weighted by atomic mass is 32.2. The third-order valence-corrected chi connectivity index (χ3v) is 6.67. The summed E-state index contributed by atoms with van der Waals surface area (Å²) < 4.78 is 23.5. The minimum atomic E-state index is -2.87. The van der Waals surface area contributed by atoms with Gasteiger partial charge in [-0.05, 0) is 45.2 Å². The molecule has 4 atom stereocenters. The van der Waals surface area contributed by atoms with Crippen LogP contribution in [-0.2, 0) is 9.84 Å². The molecule has 0 amide bonds. The number of rotatable bonds is 3. The molecule has 2 fully saturated rings. The summed E-state index contributed by atoms with van der Waals surface area (Å²) in [6, 6.07) is 1.10. The van der Waals surface area contributed by atoms with E-state index in [1.807, 2.05) is 7.05 Å². The maximum atomic E-state index is 11.7. The molecule has 1 saturated heterocycles. The number of likely N-dealkylation sites (tertiary alicyclic amines) is 1. The second kappa shape index (κ2) is 6.10. The van der Waals surface area contributed by atoms with Crippen molar-refractivity contribution in [3.63, 3.8) is 0 Å². The van der Waals surface area contributed by atoms with E-state index in [1.54, 1.807) is 0 Å².